The topological polar surface area (TPSA) is 460 Å². The number of primary amides is 1. The van der Waals surface area contributed by atoms with E-state index in [4.69, 9.17) is 11.5 Å². The maximum absolute atomic E-state index is 14.6. The van der Waals surface area contributed by atoms with Crippen LogP contribution in [-0.4, -0.2) is 186 Å². The molecule has 2 aliphatic rings. The predicted molar refractivity (Wildman–Crippen MR) is 316 cm³/mol. The summed E-state index contributed by atoms with van der Waals surface area (Å²) in [4.78, 5) is 172. The van der Waals surface area contributed by atoms with E-state index in [-0.39, 0.29) is 57.4 Å². The van der Waals surface area contributed by atoms with Gasteiger partial charge in [0.05, 0.1) is 25.8 Å². The fourth-order valence-electron chi connectivity index (χ4n) is 10.7. The van der Waals surface area contributed by atoms with E-state index < -0.39 is 127 Å². The predicted octanol–water partition coefficient (Wildman–Crippen LogP) is -3.23. The standard InChI is InChI=1S/C58H74N18O12/c1-31(50(80)71-42(19-32-23-63-38-11-4-2-9-36(32)38)53(83)70-41(13-6-7-17-59)58(88)76-18-8-14-47(76)57(87)65-27-48(60)78)68-52(82)44(21-34-25-61-29-66-34)74-56(86)46(28-77)75-54(84)43(20-33-24-64-39-12-5-3-10-37(33)39)72-55(85)45(22-35-26-62-30-67-35)73-51(81)40-15-16-49(79)69-40/h2-5,9-12,23-26,29-31,40-47,63-64,77H,6-8,13-22,27-28,59H2,1H3,(H2,60,78)(H,61,66)(H,62,67)(H,65,87)(H,68,82)(H,69,79)(H,70,83)(H,71,80)(H,72,85)(H,73,81)(H,74,86)(H,75,84)/t31-,40-,41-,42-,43-,44-,45-,46-,47-/m0/s1. The molecule has 0 radical (unpaired) electrons. The molecule has 2 saturated heterocycles. The second-order valence-electron chi connectivity index (χ2n) is 21.8. The highest BCUT2D eigenvalue weighted by Crippen LogP contribution is 2.23. The fourth-order valence-corrected chi connectivity index (χ4v) is 10.7. The summed E-state index contributed by atoms with van der Waals surface area (Å²) in [5, 5.41) is 35.8. The number of para-hydroxylation sites is 2. The van der Waals surface area contributed by atoms with Crippen LogP contribution in [0.4, 0.5) is 0 Å². The Morgan fingerprint density at radius 1 is 0.625 bits per heavy atom. The minimum atomic E-state index is -1.75. The van der Waals surface area contributed by atoms with Gasteiger partial charge in [0.1, 0.15) is 54.4 Å². The van der Waals surface area contributed by atoms with Crippen molar-refractivity contribution >= 4 is 86.8 Å². The molecular weight excluding hydrogens is 1140 g/mol. The van der Waals surface area contributed by atoms with Crippen molar-refractivity contribution in [2.45, 2.75) is 132 Å². The molecule has 468 valence electrons. The van der Waals surface area contributed by atoms with E-state index in [1.807, 2.05) is 24.3 Å². The summed E-state index contributed by atoms with van der Waals surface area (Å²) in [5.74, 6) is -8.20. The molecule has 30 heteroatoms. The number of aliphatic hydroxyl groups excluding tert-OH is 1. The molecule has 0 saturated carbocycles. The lowest BCUT2D eigenvalue weighted by atomic mass is 10.0. The number of hydrogen-bond donors (Lipinski definition) is 16. The number of aromatic amines is 4. The molecular formula is C58H74N18O12. The van der Waals surface area contributed by atoms with Crippen LogP contribution in [0.5, 0.6) is 0 Å². The molecule has 11 amide bonds. The molecule has 30 nitrogen and oxygen atoms in total. The van der Waals surface area contributed by atoms with Gasteiger partial charge < -0.3 is 89.3 Å². The monoisotopic (exact) mass is 1210 g/mol. The molecule has 2 fully saturated rings. The minimum absolute atomic E-state index is 0.101. The number of likely N-dealkylation sites (tertiary alicyclic amines) is 1. The summed E-state index contributed by atoms with van der Waals surface area (Å²) in [6.07, 6.45) is 10.4. The number of unbranched alkanes of at least 4 members (excludes halogenated alkanes) is 1. The molecule has 18 N–H and O–H groups in total. The number of carbonyl (C=O) groups excluding carboxylic acids is 11. The molecule has 0 spiro atoms. The normalized spacial score (nSPS) is 17.1. The lowest BCUT2D eigenvalue weighted by Gasteiger charge is -2.30. The summed E-state index contributed by atoms with van der Waals surface area (Å²) in [7, 11) is 0. The lowest BCUT2D eigenvalue weighted by molar-refractivity contribution is -0.142. The van der Waals surface area contributed by atoms with Crippen molar-refractivity contribution in [3.8, 4) is 0 Å². The van der Waals surface area contributed by atoms with Crippen molar-refractivity contribution in [3.63, 3.8) is 0 Å². The van der Waals surface area contributed by atoms with Gasteiger partial charge in [0, 0.05) is 96.6 Å². The molecule has 0 unspecified atom stereocenters. The zero-order chi connectivity index (χ0) is 62.9. The summed E-state index contributed by atoms with van der Waals surface area (Å²) in [5.41, 5.74) is 14.5. The van der Waals surface area contributed by atoms with E-state index in [2.05, 4.69) is 77.8 Å². The van der Waals surface area contributed by atoms with E-state index in [0.29, 0.717) is 60.1 Å². The van der Waals surface area contributed by atoms with Crippen LogP contribution >= 0.6 is 0 Å². The Kier molecular flexibility index (Phi) is 22.1. The number of aromatic nitrogens is 6. The third-order valence-corrected chi connectivity index (χ3v) is 15.4. The summed E-state index contributed by atoms with van der Waals surface area (Å²) in [6.45, 7) is 0.394. The molecule has 6 heterocycles. The van der Waals surface area contributed by atoms with Crippen LogP contribution < -0.4 is 59.3 Å². The van der Waals surface area contributed by atoms with E-state index in [9.17, 15) is 57.8 Å². The first-order chi connectivity index (χ1) is 42.4. The number of hydrogen-bond acceptors (Lipinski definition) is 15. The van der Waals surface area contributed by atoms with Gasteiger partial charge in [0.15, 0.2) is 0 Å². The third-order valence-electron chi connectivity index (χ3n) is 15.4. The van der Waals surface area contributed by atoms with Crippen LogP contribution in [-0.2, 0) is 78.4 Å². The fraction of sp³-hybridized carbons (Fsp3) is 0.431. The van der Waals surface area contributed by atoms with E-state index in [0.717, 1.165) is 16.4 Å². The highest BCUT2D eigenvalue weighted by atomic mass is 16.3. The molecule has 2 aromatic carbocycles. The van der Waals surface area contributed by atoms with Crippen molar-refractivity contribution in [1.29, 1.82) is 0 Å². The molecule has 88 heavy (non-hydrogen) atoms. The van der Waals surface area contributed by atoms with Crippen molar-refractivity contribution in [3.05, 3.63) is 108 Å². The third kappa shape index (κ3) is 16.9. The van der Waals surface area contributed by atoms with Crippen LogP contribution in [0.2, 0.25) is 0 Å². The first-order valence-electron chi connectivity index (χ1n) is 29.0. The quantitative estimate of drug-likeness (QED) is 0.0190. The summed E-state index contributed by atoms with van der Waals surface area (Å²) < 4.78 is 0. The smallest absolute Gasteiger partial charge is 0.245 e. The van der Waals surface area contributed by atoms with Crippen molar-refractivity contribution < 1.29 is 57.8 Å². The first-order valence-corrected chi connectivity index (χ1v) is 29.0. The van der Waals surface area contributed by atoms with E-state index in [1.165, 1.54) is 36.9 Å². The summed E-state index contributed by atoms with van der Waals surface area (Å²) in [6, 6.07) is 2.65. The van der Waals surface area contributed by atoms with Gasteiger partial charge in [0.2, 0.25) is 65.0 Å². The molecule has 9 atom stereocenters. The molecule has 0 bridgehead atoms. The Hall–Kier alpha value is -9.97. The number of nitrogens with zero attached hydrogens (tertiary/aromatic N) is 3. The SMILES string of the molecule is C[C@H](NC(=O)[C@H](Cc1cnc[nH]1)NC(=O)[C@H](CO)NC(=O)[C@H](Cc1c[nH]c2ccccc12)NC(=O)[C@H](Cc1cnc[nH]1)NC(=O)[C@@H]1CCC(=O)N1)C(=O)N[C@@H](Cc1c[nH]c2ccccc12)C(=O)N[C@@H](CCCCN)C(=O)N1CCC[C@H]1C(=O)NCC(N)=O. The van der Waals surface area contributed by atoms with E-state index >= 15 is 0 Å². The average Bonchev–Trinajstić information content (AvgIpc) is 2.78. The zero-order valence-corrected chi connectivity index (χ0v) is 48.3. The Balaban J connectivity index is 0.979. The number of nitrogens with two attached hydrogens (primary N) is 2. The lowest BCUT2D eigenvalue weighted by Crippen LogP contribution is -2.61. The van der Waals surface area contributed by atoms with Gasteiger partial charge in [-0.05, 0) is 75.3 Å². The number of fused-ring (bicyclic) bond motifs is 2. The number of imidazole rings is 2. The molecule has 2 aliphatic heterocycles. The average molecular weight is 1220 g/mol. The van der Waals surface area contributed by atoms with Crippen LogP contribution in [0.25, 0.3) is 21.8 Å². The first kappa shape index (κ1) is 64.0. The number of aliphatic hydroxyl groups is 1. The van der Waals surface area contributed by atoms with Crippen molar-refractivity contribution in [2.24, 2.45) is 11.5 Å². The Morgan fingerprint density at radius 3 is 1.66 bits per heavy atom. The Morgan fingerprint density at radius 2 is 1.14 bits per heavy atom. The number of amides is 11. The highest BCUT2D eigenvalue weighted by Gasteiger charge is 2.40. The number of nitrogens with one attached hydrogen (secondary N) is 13. The number of rotatable bonds is 31. The molecule has 4 aromatic heterocycles. The van der Waals surface area contributed by atoms with E-state index in [1.54, 1.807) is 36.7 Å². The highest BCUT2D eigenvalue weighted by molar-refractivity contribution is 6.00. The number of benzene rings is 2. The van der Waals surface area contributed by atoms with Crippen LogP contribution in [0.3, 0.4) is 0 Å². The van der Waals surface area contributed by atoms with Gasteiger partial charge in [0.25, 0.3) is 0 Å². The Labute approximate surface area is 503 Å². The minimum Gasteiger partial charge on any atom is -0.394 e. The summed E-state index contributed by atoms with van der Waals surface area (Å²) >= 11 is 0. The van der Waals surface area contributed by atoms with Gasteiger partial charge in [-0.3, -0.25) is 52.7 Å². The van der Waals surface area contributed by atoms with Gasteiger partial charge in [-0.25, -0.2) is 9.97 Å². The molecule has 8 rings (SSSR count). The Bertz CT molecular complexity index is 3460. The van der Waals surface area contributed by atoms with Gasteiger partial charge in [-0.15, -0.1) is 0 Å². The van der Waals surface area contributed by atoms with Gasteiger partial charge in [-0.1, -0.05) is 36.4 Å². The van der Waals surface area contributed by atoms with Crippen LogP contribution in [0.15, 0.2) is 86.0 Å². The maximum atomic E-state index is 14.6. The van der Waals surface area contributed by atoms with Crippen molar-refractivity contribution in [2.75, 3.05) is 26.2 Å². The van der Waals surface area contributed by atoms with Gasteiger partial charge >= 0.3 is 0 Å². The van der Waals surface area contributed by atoms with Gasteiger partial charge in [-0.2, -0.15) is 0 Å². The number of carbonyl (C=O) groups is 11. The second kappa shape index (κ2) is 30.4. The zero-order valence-electron chi connectivity index (χ0n) is 48.3. The van der Waals surface area contributed by atoms with Crippen LogP contribution in [0.1, 0.15) is 74.4 Å². The number of H-pyrrole nitrogens is 4. The largest absolute Gasteiger partial charge is 0.394 e. The molecule has 0 aliphatic carbocycles. The van der Waals surface area contributed by atoms with Crippen LogP contribution in [0, 0.1) is 0 Å². The van der Waals surface area contributed by atoms with Crippen molar-refractivity contribution in [1.82, 2.24) is 82.7 Å². The maximum Gasteiger partial charge on any atom is 0.245 e. The molecule has 6 aromatic rings. The second-order valence-corrected chi connectivity index (χ2v) is 21.8.